The highest BCUT2D eigenvalue weighted by Crippen LogP contribution is 2.21. The summed E-state index contributed by atoms with van der Waals surface area (Å²) in [4.78, 5) is 111. The maximum Gasteiger partial charge on any atom is 0.236 e. The molecule has 0 spiro atoms. The van der Waals surface area contributed by atoms with Gasteiger partial charge in [0.1, 0.15) is 0 Å². The standard InChI is InChI=1S/C12H23N3O2.C10H20N2O3S.2C10H18N2O2.C10H19NO2.C8H15NO2/c1-10(2)12(17)15-7-5-14(6-8-15)9-11(16)13(3)4;1-9(2)10(13)11-5-8-16(14,15)12-6-3-4-7-12;1-7(2)10(14)12-5-3-8(4-6-12)9(11)13;1-7(2)10(14)12-5-3-4-8(6-12)9(11)13;1-7(2)10(13)11-8-3-5-9(12)6-4-8;1-6(2)8(10)9-7-3-4-11-5-7/h10H,5-9H2,1-4H3;9H,3-8H2,1-2H3,(H,11,13);2*7-8H,3-6H2,1-2H3,(H2,11,13);7-9,12H,3-6H2,1-2H3,(H,11,13);6-7H,3-5H2,1-2H3,(H,9,10). The molecule has 8 N–H and O–H groups in total. The first-order valence-electron chi connectivity index (χ1n) is 31.2. The monoisotopic (exact) mass is 1230 g/mol. The number of sulfonamides is 1. The summed E-state index contributed by atoms with van der Waals surface area (Å²) >= 11 is 0. The van der Waals surface area contributed by atoms with Gasteiger partial charge in [-0.2, -0.15) is 0 Å². The van der Waals surface area contributed by atoms with Crippen LogP contribution in [0.3, 0.4) is 0 Å². The number of hydrogen-bond donors (Lipinski definition) is 6. The third-order valence-electron chi connectivity index (χ3n) is 15.4. The molecule has 1 aliphatic carbocycles. The average Bonchev–Trinajstić information content (AvgIpc) is 4.33. The molecule has 0 aromatic rings. The largest absolute Gasteiger partial charge is 0.393 e. The maximum absolute atomic E-state index is 11.8. The van der Waals surface area contributed by atoms with Crippen LogP contribution in [0.1, 0.15) is 154 Å². The molecule has 9 amide bonds. The van der Waals surface area contributed by atoms with Gasteiger partial charge in [-0.05, 0) is 70.6 Å². The van der Waals surface area contributed by atoms with E-state index in [2.05, 4.69) is 20.9 Å². The SMILES string of the molecule is CC(C)C(=O)N1CCC(C(N)=O)CC1.CC(C)C(=O)N1CCCC(C(N)=O)C1.CC(C)C(=O)N1CCN(CC(=O)N(C)C)CC1.CC(C)C(=O)NC1CCC(O)CC1.CC(C)C(=O)NC1CCOC1.CC(C)C(=O)NCCS(=O)(=O)N1CCCC1. The van der Waals surface area contributed by atoms with E-state index in [0.717, 1.165) is 97.1 Å². The molecule has 6 rings (SSSR count). The molecule has 6 aliphatic rings. The van der Waals surface area contributed by atoms with Crippen LogP contribution in [-0.4, -0.2) is 225 Å². The highest BCUT2D eigenvalue weighted by molar-refractivity contribution is 7.89. The van der Waals surface area contributed by atoms with Gasteiger partial charge >= 0.3 is 0 Å². The Morgan fingerprint density at radius 2 is 0.988 bits per heavy atom. The minimum atomic E-state index is -3.16. The molecular weight excluding hydrogens is 1110 g/mol. The number of piperazine rings is 1. The molecule has 2 atom stereocenters. The second-order valence-corrected chi connectivity index (χ2v) is 27.2. The van der Waals surface area contributed by atoms with Crippen molar-refractivity contribution < 1.29 is 61.4 Å². The molecule has 6 fully saturated rings. The molecule has 2 unspecified atom stereocenters. The lowest BCUT2D eigenvalue weighted by molar-refractivity contribution is -0.138. The number of carbonyl (C=O) groups excluding carboxylic acids is 9. The Morgan fingerprint density at radius 3 is 1.41 bits per heavy atom. The highest BCUT2D eigenvalue weighted by Gasteiger charge is 2.30. The molecule has 5 aliphatic heterocycles. The number of nitrogens with two attached hydrogens (primary N) is 2. The summed E-state index contributed by atoms with van der Waals surface area (Å²) in [5.74, 6) is 0.222. The molecule has 0 bridgehead atoms. The molecule has 0 aromatic carbocycles. The molecule has 5 saturated heterocycles. The number of aliphatic hydroxyl groups excluding tert-OH is 1. The van der Waals surface area contributed by atoms with E-state index in [1.54, 1.807) is 37.7 Å². The zero-order valence-electron chi connectivity index (χ0n) is 54.3. The predicted octanol–water partition coefficient (Wildman–Crippen LogP) is 2.40. The van der Waals surface area contributed by atoms with Gasteiger partial charge in [0.2, 0.25) is 63.2 Å². The number of likely N-dealkylation sites (N-methyl/N-ethyl adjacent to an activating group) is 1. The number of carbonyl (C=O) groups is 9. The summed E-state index contributed by atoms with van der Waals surface area (Å²) in [6.07, 6.45) is 9.30. The normalized spacial score (nSPS) is 21.2. The molecule has 25 heteroatoms. The number of likely N-dealkylation sites (tertiary alicyclic amines) is 2. The van der Waals surface area contributed by atoms with Crippen molar-refractivity contribution in [2.75, 3.05) is 112 Å². The Kier molecular flexibility index (Phi) is 37.2. The topological polar surface area (TPSA) is 325 Å². The fourth-order valence-electron chi connectivity index (χ4n) is 9.56. The highest BCUT2D eigenvalue weighted by atomic mass is 32.2. The average molecular weight is 1230 g/mol. The van der Waals surface area contributed by atoms with Crippen molar-refractivity contribution in [3.8, 4) is 0 Å². The van der Waals surface area contributed by atoms with Crippen LogP contribution in [0.5, 0.6) is 0 Å². The smallest absolute Gasteiger partial charge is 0.236 e. The number of amides is 9. The molecule has 492 valence electrons. The Bertz CT molecular complexity index is 2160. The van der Waals surface area contributed by atoms with Crippen molar-refractivity contribution in [2.45, 2.75) is 172 Å². The van der Waals surface area contributed by atoms with Gasteiger partial charge < -0.3 is 56.9 Å². The van der Waals surface area contributed by atoms with E-state index in [-0.39, 0.29) is 125 Å². The minimum Gasteiger partial charge on any atom is -0.393 e. The molecule has 5 heterocycles. The van der Waals surface area contributed by atoms with Crippen molar-refractivity contribution in [3.05, 3.63) is 0 Å². The van der Waals surface area contributed by atoms with E-state index in [0.29, 0.717) is 64.8 Å². The summed E-state index contributed by atoms with van der Waals surface area (Å²) in [6, 6.07) is 0.545. The van der Waals surface area contributed by atoms with Gasteiger partial charge in [0.15, 0.2) is 0 Å². The molecule has 0 radical (unpaired) electrons. The van der Waals surface area contributed by atoms with Crippen molar-refractivity contribution in [1.82, 2.24) is 44.8 Å². The zero-order valence-corrected chi connectivity index (χ0v) is 55.1. The third kappa shape index (κ3) is 31.5. The molecule has 1 saturated carbocycles. The summed E-state index contributed by atoms with van der Waals surface area (Å²) in [7, 11) is 0.367. The van der Waals surface area contributed by atoms with Gasteiger partial charge in [0, 0.05) is 140 Å². The number of nitrogens with one attached hydrogen (secondary N) is 3. The lowest BCUT2D eigenvalue weighted by atomic mass is 9.93. The van der Waals surface area contributed by atoms with Crippen LogP contribution in [0.15, 0.2) is 0 Å². The minimum absolute atomic E-state index is 0.00151. The lowest BCUT2D eigenvalue weighted by Gasteiger charge is -2.35. The number of primary amides is 2. The van der Waals surface area contributed by atoms with Crippen molar-refractivity contribution in [1.29, 1.82) is 0 Å². The van der Waals surface area contributed by atoms with Crippen LogP contribution in [0.25, 0.3) is 0 Å². The Balaban J connectivity index is 0.000000512. The number of aliphatic hydroxyl groups is 1. The van der Waals surface area contributed by atoms with Gasteiger partial charge in [0.25, 0.3) is 0 Å². The van der Waals surface area contributed by atoms with Crippen LogP contribution in [0, 0.1) is 47.3 Å². The first-order valence-corrected chi connectivity index (χ1v) is 32.8. The fourth-order valence-corrected chi connectivity index (χ4v) is 11.0. The molecule has 24 nitrogen and oxygen atoms in total. The van der Waals surface area contributed by atoms with Crippen LogP contribution in [0.2, 0.25) is 0 Å². The zero-order chi connectivity index (χ0) is 64.7. The van der Waals surface area contributed by atoms with Gasteiger partial charge in [-0.3, -0.25) is 48.1 Å². The number of nitrogens with zero attached hydrogens (tertiary/aromatic N) is 6. The first kappa shape index (κ1) is 78.0. The van der Waals surface area contributed by atoms with Crippen LogP contribution < -0.4 is 27.4 Å². The number of hydrogen-bond acceptors (Lipinski definition) is 14. The van der Waals surface area contributed by atoms with Crippen LogP contribution >= 0.6 is 0 Å². The van der Waals surface area contributed by atoms with E-state index in [1.807, 2.05) is 79.0 Å². The molecule has 0 aromatic heterocycles. The number of rotatable bonds is 16. The second kappa shape index (κ2) is 40.5. The fraction of sp³-hybridized carbons (Fsp3) is 0.850. The van der Waals surface area contributed by atoms with E-state index in [9.17, 15) is 56.7 Å². The number of ether oxygens (including phenoxy) is 1. The van der Waals surface area contributed by atoms with Gasteiger partial charge in [-0.25, -0.2) is 12.7 Å². The summed E-state index contributed by atoms with van der Waals surface area (Å²) in [5, 5.41) is 17.8. The van der Waals surface area contributed by atoms with Crippen molar-refractivity contribution in [2.24, 2.45) is 58.8 Å². The van der Waals surface area contributed by atoms with Crippen molar-refractivity contribution >= 4 is 63.2 Å². The molecular formula is C60H113N11O13S. The maximum atomic E-state index is 11.8. The third-order valence-corrected chi connectivity index (χ3v) is 17.2. The quantitative estimate of drug-likeness (QED) is 0.129. The lowest BCUT2D eigenvalue weighted by Crippen LogP contribution is -2.51. The van der Waals surface area contributed by atoms with E-state index < -0.39 is 10.0 Å². The van der Waals surface area contributed by atoms with Crippen LogP contribution in [-0.2, 0) is 57.9 Å². The number of piperidine rings is 2. The molecule has 85 heavy (non-hydrogen) atoms. The van der Waals surface area contributed by atoms with E-state index in [4.69, 9.17) is 16.2 Å². The first-order chi connectivity index (χ1) is 39.7. The predicted molar refractivity (Wildman–Crippen MR) is 329 cm³/mol. The summed E-state index contributed by atoms with van der Waals surface area (Å²) < 4.78 is 30.1. The van der Waals surface area contributed by atoms with Gasteiger partial charge in [-0.1, -0.05) is 83.1 Å². The summed E-state index contributed by atoms with van der Waals surface area (Å²) in [6.45, 7) is 31.5. The summed E-state index contributed by atoms with van der Waals surface area (Å²) in [5.41, 5.74) is 10.4. The Morgan fingerprint density at radius 1 is 0.529 bits per heavy atom. The van der Waals surface area contributed by atoms with E-state index in [1.165, 1.54) is 4.31 Å². The van der Waals surface area contributed by atoms with Crippen molar-refractivity contribution in [3.63, 3.8) is 0 Å². The Labute approximate surface area is 509 Å². The van der Waals surface area contributed by atoms with Gasteiger partial charge in [0.05, 0.1) is 37.0 Å². The van der Waals surface area contributed by atoms with E-state index >= 15 is 0 Å². The Hall–Kier alpha value is -4.98. The van der Waals surface area contributed by atoms with Crippen LogP contribution in [0.4, 0.5) is 0 Å². The second-order valence-electron chi connectivity index (χ2n) is 25.1. The van der Waals surface area contributed by atoms with Gasteiger partial charge in [-0.15, -0.1) is 0 Å².